The smallest absolute Gasteiger partial charge is 0.257 e. The van der Waals surface area contributed by atoms with Crippen LogP contribution in [0.3, 0.4) is 0 Å². The number of hydrogen-bond acceptors (Lipinski definition) is 5. The summed E-state index contributed by atoms with van der Waals surface area (Å²) in [4.78, 5) is 47.3. The number of nitrogens with zero attached hydrogens (tertiary/aromatic N) is 3. The third kappa shape index (κ3) is 4.17. The van der Waals surface area contributed by atoms with Crippen molar-refractivity contribution < 1.29 is 18.8 Å². The van der Waals surface area contributed by atoms with E-state index in [0.717, 1.165) is 16.6 Å². The van der Waals surface area contributed by atoms with Gasteiger partial charge in [-0.3, -0.25) is 14.4 Å². The molecule has 0 saturated carbocycles. The van der Waals surface area contributed by atoms with Gasteiger partial charge in [0.25, 0.3) is 11.8 Å². The molecular formula is C29H27N3O4. The Kier molecular flexibility index (Phi) is 5.71. The van der Waals surface area contributed by atoms with E-state index in [1.165, 1.54) is 9.80 Å². The number of hydrogen-bond donors (Lipinski definition) is 0. The van der Waals surface area contributed by atoms with Crippen LogP contribution < -0.4 is 4.90 Å². The highest BCUT2D eigenvalue weighted by molar-refractivity contribution is 6.23. The summed E-state index contributed by atoms with van der Waals surface area (Å²) in [5, 5.41) is 0. The van der Waals surface area contributed by atoms with Crippen LogP contribution in [0, 0.1) is 6.92 Å². The molecule has 1 unspecified atom stereocenters. The summed E-state index contributed by atoms with van der Waals surface area (Å²) in [7, 11) is 0. The zero-order valence-electron chi connectivity index (χ0n) is 20.7. The minimum atomic E-state index is -0.887. The van der Waals surface area contributed by atoms with Crippen molar-refractivity contribution in [3.8, 4) is 11.5 Å². The fourth-order valence-electron chi connectivity index (χ4n) is 4.67. The van der Waals surface area contributed by atoms with Crippen LogP contribution in [0.25, 0.3) is 22.6 Å². The third-order valence-electron chi connectivity index (χ3n) is 6.31. The van der Waals surface area contributed by atoms with E-state index in [1.807, 2.05) is 64.1 Å². The molecule has 1 aliphatic heterocycles. The van der Waals surface area contributed by atoms with E-state index in [0.29, 0.717) is 22.7 Å². The Morgan fingerprint density at radius 1 is 1.00 bits per heavy atom. The number of aryl methyl sites for hydroxylation is 1. The lowest BCUT2D eigenvalue weighted by Crippen LogP contribution is -2.54. The molecule has 0 spiro atoms. The van der Waals surface area contributed by atoms with Gasteiger partial charge in [0.15, 0.2) is 5.58 Å². The van der Waals surface area contributed by atoms with Crippen molar-refractivity contribution in [2.24, 2.45) is 0 Å². The molecule has 0 radical (unpaired) electrons. The number of oxazole rings is 1. The van der Waals surface area contributed by atoms with Gasteiger partial charge in [-0.05, 0) is 76.2 Å². The fourth-order valence-corrected chi connectivity index (χ4v) is 4.67. The topological polar surface area (TPSA) is 83.7 Å². The second-order valence-corrected chi connectivity index (χ2v) is 10.0. The first-order chi connectivity index (χ1) is 17.1. The number of aromatic nitrogens is 1. The number of benzene rings is 3. The van der Waals surface area contributed by atoms with E-state index in [-0.39, 0.29) is 18.2 Å². The molecule has 1 aliphatic rings. The van der Waals surface area contributed by atoms with Crippen LogP contribution in [0.4, 0.5) is 5.69 Å². The normalized spacial score (nSPS) is 16.1. The van der Waals surface area contributed by atoms with E-state index in [4.69, 9.17) is 4.42 Å². The maximum atomic E-state index is 13.6. The van der Waals surface area contributed by atoms with Gasteiger partial charge >= 0.3 is 0 Å². The molecule has 7 nitrogen and oxygen atoms in total. The highest BCUT2D eigenvalue weighted by atomic mass is 16.3. The largest absolute Gasteiger partial charge is 0.436 e. The summed E-state index contributed by atoms with van der Waals surface area (Å²) in [6, 6.07) is 20.8. The second kappa shape index (κ2) is 8.75. The van der Waals surface area contributed by atoms with Crippen LogP contribution in [0.1, 0.15) is 43.1 Å². The first-order valence-electron chi connectivity index (χ1n) is 11.9. The Labute approximate surface area is 209 Å². The van der Waals surface area contributed by atoms with Crippen molar-refractivity contribution in [2.45, 2.75) is 45.7 Å². The fraction of sp³-hybridized carbons (Fsp3) is 0.241. The molecule has 7 heteroatoms. The SMILES string of the molecule is Cc1cccc(C(=O)N(C2CC(=O)N(c3ccc(-c4nc5ccccc5o4)cc3)C2=O)C(C)(C)C)c1. The minimum Gasteiger partial charge on any atom is -0.436 e. The van der Waals surface area contributed by atoms with E-state index in [1.54, 1.807) is 36.4 Å². The Morgan fingerprint density at radius 2 is 1.72 bits per heavy atom. The van der Waals surface area contributed by atoms with Crippen LogP contribution in [0.2, 0.25) is 0 Å². The van der Waals surface area contributed by atoms with Gasteiger partial charge in [0.2, 0.25) is 11.8 Å². The lowest BCUT2D eigenvalue weighted by atomic mass is 9.99. The number of rotatable bonds is 4. The number of anilines is 1. The zero-order valence-corrected chi connectivity index (χ0v) is 20.7. The molecule has 0 bridgehead atoms. The summed E-state index contributed by atoms with van der Waals surface area (Å²) in [5.74, 6) is -0.565. The van der Waals surface area contributed by atoms with Crippen LogP contribution in [0.15, 0.2) is 77.2 Å². The average Bonchev–Trinajstić information content (AvgIpc) is 3.39. The molecule has 1 fully saturated rings. The molecule has 5 rings (SSSR count). The summed E-state index contributed by atoms with van der Waals surface area (Å²) in [6.45, 7) is 7.53. The van der Waals surface area contributed by atoms with Gasteiger partial charge in [-0.15, -0.1) is 0 Å². The number of fused-ring (bicyclic) bond motifs is 1. The number of imide groups is 1. The summed E-state index contributed by atoms with van der Waals surface area (Å²) in [5.41, 5.74) is 3.39. The van der Waals surface area contributed by atoms with Gasteiger partial charge in [0.1, 0.15) is 11.6 Å². The molecule has 3 aromatic carbocycles. The molecule has 2 heterocycles. The standard InChI is InChI=1S/C29H27N3O4/c1-18-8-7-9-20(16-18)27(34)32(29(2,3)4)23-17-25(33)31(28(23)35)21-14-12-19(13-15-21)26-30-22-10-5-6-11-24(22)36-26/h5-16,23H,17H2,1-4H3. The van der Waals surface area contributed by atoms with Crippen LogP contribution >= 0.6 is 0 Å². The Hall–Kier alpha value is -4.26. The van der Waals surface area contributed by atoms with Crippen molar-refractivity contribution in [3.05, 3.63) is 83.9 Å². The molecule has 1 saturated heterocycles. The molecule has 3 amide bonds. The molecule has 1 atom stereocenters. The van der Waals surface area contributed by atoms with Crippen molar-refractivity contribution in [2.75, 3.05) is 4.90 Å². The quantitative estimate of drug-likeness (QED) is 0.366. The highest BCUT2D eigenvalue weighted by Crippen LogP contribution is 2.32. The van der Waals surface area contributed by atoms with E-state index >= 15 is 0 Å². The van der Waals surface area contributed by atoms with Crippen LogP contribution in [-0.4, -0.2) is 39.2 Å². The molecule has 0 aliphatic carbocycles. The lowest BCUT2D eigenvalue weighted by molar-refractivity contribution is -0.123. The van der Waals surface area contributed by atoms with Crippen molar-refractivity contribution in [1.29, 1.82) is 0 Å². The summed E-state index contributed by atoms with van der Waals surface area (Å²) in [6.07, 6.45) is -0.0689. The van der Waals surface area contributed by atoms with Crippen LogP contribution in [0.5, 0.6) is 0 Å². The number of carbonyl (C=O) groups is 3. The monoisotopic (exact) mass is 481 g/mol. The van der Waals surface area contributed by atoms with Gasteiger partial charge in [-0.25, -0.2) is 9.88 Å². The van der Waals surface area contributed by atoms with Gasteiger partial charge in [-0.1, -0.05) is 29.8 Å². The maximum Gasteiger partial charge on any atom is 0.257 e. The minimum absolute atomic E-state index is 0.0689. The van der Waals surface area contributed by atoms with Gasteiger partial charge in [0, 0.05) is 16.7 Å². The molecular weight excluding hydrogens is 454 g/mol. The molecule has 0 N–H and O–H groups in total. The van der Waals surface area contributed by atoms with E-state index in [9.17, 15) is 14.4 Å². The van der Waals surface area contributed by atoms with Crippen LogP contribution in [-0.2, 0) is 9.59 Å². The lowest BCUT2D eigenvalue weighted by Gasteiger charge is -2.39. The molecule has 1 aromatic heterocycles. The number of carbonyl (C=O) groups excluding carboxylic acids is 3. The Balaban J connectivity index is 1.43. The third-order valence-corrected chi connectivity index (χ3v) is 6.31. The molecule has 4 aromatic rings. The molecule has 182 valence electrons. The number of para-hydroxylation sites is 2. The van der Waals surface area contributed by atoms with Crippen molar-refractivity contribution in [1.82, 2.24) is 9.88 Å². The van der Waals surface area contributed by atoms with E-state index < -0.39 is 17.5 Å². The Morgan fingerprint density at radius 3 is 2.39 bits per heavy atom. The van der Waals surface area contributed by atoms with Crippen molar-refractivity contribution in [3.63, 3.8) is 0 Å². The maximum absolute atomic E-state index is 13.6. The van der Waals surface area contributed by atoms with Gasteiger partial charge in [0.05, 0.1) is 12.1 Å². The highest BCUT2D eigenvalue weighted by Gasteiger charge is 2.47. The van der Waals surface area contributed by atoms with Gasteiger partial charge < -0.3 is 9.32 Å². The van der Waals surface area contributed by atoms with E-state index in [2.05, 4.69) is 4.98 Å². The first kappa shape index (κ1) is 23.5. The van der Waals surface area contributed by atoms with Gasteiger partial charge in [-0.2, -0.15) is 0 Å². The first-order valence-corrected chi connectivity index (χ1v) is 11.9. The zero-order chi connectivity index (χ0) is 25.6. The predicted octanol–water partition coefficient (Wildman–Crippen LogP) is 5.38. The summed E-state index contributed by atoms with van der Waals surface area (Å²) >= 11 is 0. The number of amides is 3. The summed E-state index contributed by atoms with van der Waals surface area (Å²) < 4.78 is 5.82. The molecule has 36 heavy (non-hydrogen) atoms. The Bertz CT molecular complexity index is 1450. The van der Waals surface area contributed by atoms with Crippen molar-refractivity contribution >= 4 is 34.5 Å². The predicted molar refractivity (Wildman–Crippen MR) is 137 cm³/mol. The average molecular weight is 482 g/mol. The second-order valence-electron chi connectivity index (χ2n) is 10.0.